The van der Waals surface area contributed by atoms with Crippen LogP contribution in [0.5, 0.6) is 0 Å². The number of amides is 4. The molecule has 0 bridgehead atoms. The molecule has 166 valence electrons. The Morgan fingerprint density at radius 1 is 1.32 bits per heavy atom. The van der Waals surface area contributed by atoms with E-state index in [1.807, 2.05) is 35.9 Å². The number of imide groups is 1. The maximum atomic E-state index is 12.4. The Balaban J connectivity index is 1.44. The van der Waals surface area contributed by atoms with Gasteiger partial charge in [0.05, 0.1) is 11.0 Å². The molecule has 2 atom stereocenters. The number of hydrogen-bond donors (Lipinski definition) is 5. The Bertz CT molecular complexity index is 1000. The zero-order valence-electron chi connectivity index (χ0n) is 17.0. The standard InChI is InChI=1S/C19H25N7O5/c1-25-14-7-3-2-5-12(14)23-18(25)21-8-4-6-13-16(28)26(19(31)24-13)10-15(27)22-9-11(20)17(29)30/h2-3,5,7,11,13H,4,6,8-10,20H2,1H3,(H,21,23)(H,22,27)(H,24,31)(H,29,30). The first-order chi connectivity index (χ1) is 14.8. The van der Waals surface area contributed by atoms with Gasteiger partial charge in [-0.2, -0.15) is 0 Å². The lowest BCUT2D eigenvalue weighted by atomic mass is 10.1. The Kier molecular flexibility index (Phi) is 6.70. The van der Waals surface area contributed by atoms with Gasteiger partial charge < -0.3 is 31.4 Å². The summed E-state index contributed by atoms with van der Waals surface area (Å²) in [6, 6.07) is 5.12. The van der Waals surface area contributed by atoms with Gasteiger partial charge in [-0.15, -0.1) is 0 Å². The van der Waals surface area contributed by atoms with Crippen molar-refractivity contribution in [3.05, 3.63) is 24.3 Å². The molecule has 0 saturated carbocycles. The van der Waals surface area contributed by atoms with Crippen molar-refractivity contribution >= 4 is 40.8 Å². The van der Waals surface area contributed by atoms with E-state index in [-0.39, 0.29) is 6.54 Å². The van der Waals surface area contributed by atoms with E-state index < -0.39 is 42.4 Å². The molecule has 1 saturated heterocycles. The Hall–Kier alpha value is -3.67. The summed E-state index contributed by atoms with van der Waals surface area (Å²) in [5, 5.41) is 16.8. The molecule has 3 rings (SSSR count). The second-order valence-electron chi connectivity index (χ2n) is 7.23. The van der Waals surface area contributed by atoms with Gasteiger partial charge >= 0.3 is 12.0 Å². The highest BCUT2D eigenvalue weighted by molar-refractivity contribution is 6.06. The molecule has 1 fully saturated rings. The largest absolute Gasteiger partial charge is 0.480 e. The number of urea groups is 1. The van der Waals surface area contributed by atoms with Crippen molar-refractivity contribution in [3.8, 4) is 0 Å². The minimum Gasteiger partial charge on any atom is -0.480 e. The molecule has 1 aromatic carbocycles. The van der Waals surface area contributed by atoms with Crippen LogP contribution in [0.4, 0.5) is 10.7 Å². The second kappa shape index (κ2) is 9.43. The number of fused-ring (bicyclic) bond motifs is 1. The molecule has 2 heterocycles. The van der Waals surface area contributed by atoms with Crippen LogP contribution in [-0.2, 0) is 21.4 Å². The number of benzene rings is 1. The van der Waals surface area contributed by atoms with Crippen LogP contribution in [0.2, 0.25) is 0 Å². The number of aromatic nitrogens is 2. The number of para-hydroxylation sites is 2. The number of carboxylic acid groups (broad SMARTS) is 1. The van der Waals surface area contributed by atoms with E-state index in [0.29, 0.717) is 25.3 Å². The number of nitrogens with two attached hydrogens (primary N) is 1. The molecule has 6 N–H and O–H groups in total. The maximum Gasteiger partial charge on any atom is 0.325 e. The smallest absolute Gasteiger partial charge is 0.325 e. The summed E-state index contributed by atoms with van der Waals surface area (Å²) in [6.07, 6.45) is 0.983. The van der Waals surface area contributed by atoms with E-state index in [9.17, 15) is 19.2 Å². The van der Waals surface area contributed by atoms with Crippen LogP contribution >= 0.6 is 0 Å². The molecule has 1 aliphatic heterocycles. The van der Waals surface area contributed by atoms with Crippen LogP contribution in [-0.4, -0.2) is 75.1 Å². The minimum atomic E-state index is -1.26. The molecule has 31 heavy (non-hydrogen) atoms. The van der Waals surface area contributed by atoms with Crippen molar-refractivity contribution in [2.24, 2.45) is 12.8 Å². The van der Waals surface area contributed by atoms with Gasteiger partial charge in [-0.25, -0.2) is 9.78 Å². The number of aryl methyl sites for hydroxylation is 1. The zero-order chi connectivity index (χ0) is 22.5. The lowest BCUT2D eigenvalue weighted by Crippen LogP contribution is -2.46. The summed E-state index contributed by atoms with van der Waals surface area (Å²) in [5.74, 6) is -1.71. The molecule has 1 aliphatic rings. The summed E-state index contributed by atoms with van der Waals surface area (Å²) in [4.78, 5) is 52.4. The topological polar surface area (TPSA) is 172 Å². The van der Waals surface area contributed by atoms with Crippen molar-refractivity contribution in [1.29, 1.82) is 0 Å². The molecule has 0 aliphatic carbocycles. The first kappa shape index (κ1) is 22.0. The number of imidazole rings is 1. The number of anilines is 1. The SMILES string of the molecule is Cn1c(NCCCC2NC(=O)N(CC(=O)NCC(N)C(=O)O)C2=O)nc2ccccc21. The first-order valence-electron chi connectivity index (χ1n) is 9.80. The number of nitrogens with zero attached hydrogens (tertiary/aromatic N) is 3. The van der Waals surface area contributed by atoms with Gasteiger partial charge in [0.15, 0.2) is 0 Å². The number of aliphatic carboxylic acids is 1. The van der Waals surface area contributed by atoms with E-state index in [0.717, 1.165) is 15.9 Å². The third kappa shape index (κ3) is 5.09. The van der Waals surface area contributed by atoms with Crippen LogP contribution in [0.1, 0.15) is 12.8 Å². The molecule has 0 radical (unpaired) electrons. The third-order valence-corrected chi connectivity index (χ3v) is 4.98. The number of nitrogens with one attached hydrogen (secondary N) is 3. The quantitative estimate of drug-likeness (QED) is 0.241. The number of hydrogen-bond acceptors (Lipinski definition) is 7. The molecule has 2 unspecified atom stereocenters. The fourth-order valence-corrected chi connectivity index (χ4v) is 3.24. The van der Waals surface area contributed by atoms with Crippen molar-refractivity contribution < 1.29 is 24.3 Å². The highest BCUT2D eigenvalue weighted by atomic mass is 16.4. The lowest BCUT2D eigenvalue weighted by molar-refractivity contribution is -0.138. The Labute approximate surface area is 177 Å². The van der Waals surface area contributed by atoms with Crippen LogP contribution < -0.4 is 21.7 Å². The van der Waals surface area contributed by atoms with Crippen molar-refractivity contribution in [2.75, 3.05) is 25.0 Å². The van der Waals surface area contributed by atoms with Crippen molar-refractivity contribution in [1.82, 2.24) is 25.1 Å². The maximum absolute atomic E-state index is 12.4. The second-order valence-corrected chi connectivity index (χ2v) is 7.23. The summed E-state index contributed by atoms with van der Waals surface area (Å²) in [5.41, 5.74) is 7.18. The molecular formula is C19H25N7O5. The van der Waals surface area contributed by atoms with Gasteiger partial charge in [-0.05, 0) is 25.0 Å². The predicted octanol–water partition coefficient (Wildman–Crippen LogP) is -0.786. The number of carboxylic acids is 1. The average Bonchev–Trinajstić information content (AvgIpc) is 3.20. The Morgan fingerprint density at radius 2 is 2.06 bits per heavy atom. The molecule has 4 amide bonds. The minimum absolute atomic E-state index is 0.297. The van der Waals surface area contributed by atoms with Gasteiger partial charge in [0.25, 0.3) is 5.91 Å². The summed E-state index contributed by atoms with van der Waals surface area (Å²) >= 11 is 0. The molecule has 0 spiro atoms. The molecule has 12 nitrogen and oxygen atoms in total. The van der Waals surface area contributed by atoms with Crippen LogP contribution in [0.3, 0.4) is 0 Å². The lowest BCUT2D eigenvalue weighted by Gasteiger charge is -2.14. The van der Waals surface area contributed by atoms with Gasteiger partial charge in [0, 0.05) is 20.1 Å². The van der Waals surface area contributed by atoms with Crippen molar-refractivity contribution in [2.45, 2.75) is 24.9 Å². The number of carbonyl (C=O) groups is 4. The normalized spacial score (nSPS) is 17.0. The molecule has 2 aromatic rings. The fraction of sp³-hybridized carbons (Fsp3) is 0.421. The van der Waals surface area contributed by atoms with E-state index >= 15 is 0 Å². The van der Waals surface area contributed by atoms with Crippen molar-refractivity contribution in [3.63, 3.8) is 0 Å². The van der Waals surface area contributed by atoms with E-state index in [2.05, 4.69) is 20.9 Å². The van der Waals surface area contributed by atoms with E-state index in [4.69, 9.17) is 10.8 Å². The van der Waals surface area contributed by atoms with E-state index in [1.54, 1.807) is 0 Å². The molecule has 12 heteroatoms. The number of carbonyl (C=O) groups excluding carboxylic acids is 3. The van der Waals surface area contributed by atoms with Gasteiger partial charge in [-0.3, -0.25) is 19.3 Å². The first-order valence-corrected chi connectivity index (χ1v) is 9.80. The van der Waals surface area contributed by atoms with Crippen LogP contribution in [0.15, 0.2) is 24.3 Å². The van der Waals surface area contributed by atoms with Gasteiger partial charge in [0.1, 0.15) is 18.6 Å². The Morgan fingerprint density at radius 3 is 2.77 bits per heavy atom. The van der Waals surface area contributed by atoms with Crippen LogP contribution in [0, 0.1) is 0 Å². The zero-order valence-corrected chi connectivity index (χ0v) is 17.0. The monoisotopic (exact) mass is 431 g/mol. The summed E-state index contributed by atoms with van der Waals surface area (Å²) in [6.45, 7) is -0.245. The van der Waals surface area contributed by atoms with Crippen LogP contribution in [0.25, 0.3) is 11.0 Å². The van der Waals surface area contributed by atoms with Gasteiger partial charge in [-0.1, -0.05) is 12.1 Å². The highest BCUT2D eigenvalue weighted by Gasteiger charge is 2.38. The van der Waals surface area contributed by atoms with E-state index in [1.165, 1.54) is 0 Å². The van der Waals surface area contributed by atoms with Gasteiger partial charge in [0.2, 0.25) is 11.9 Å². The third-order valence-electron chi connectivity index (χ3n) is 4.98. The number of rotatable bonds is 10. The molecule has 1 aromatic heterocycles. The summed E-state index contributed by atoms with van der Waals surface area (Å²) in [7, 11) is 1.91. The molecular weight excluding hydrogens is 406 g/mol. The predicted molar refractivity (Wildman–Crippen MR) is 111 cm³/mol. The fourth-order valence-electron chi connectivity index (χ4n) is 3.24. The highest BCUT2D eigenvalue weighted by Crippen LogP contribution is 2.18. The summed E-state index contributed by atoms with van der Waals surface area (Å²) < 4.78 is 1.94. The average molecular weight is 431 g/mol.